The predicted octanol–water partition coefficient (Wildman–Crippen LogP) is 4.54. The number of aromatic nitrogens is 2. The molecule has 2 aromatic rings. The van der Waals surface area contributed by atoms with Crippen LogP contribution in [-0.2, 0) is 12.5 Å². The van der Waals surface area contributed by atoms with E-state index in [1.54, 1.807) is 0 Å². The Morgan fingerprint density at radius 2 is 2.16 bits per heavy atom. The van der Waals surface area contributed by atoms with Gasteiger partial charge in [0.15, 0.2) is 0 Å². The van der Waals surface area contributed by atoms with Crippen LogP contribution in [0.25, 0.3) is 0 Å². The minimum absolute atomic E-state index is 0.364. The summed E-state index contributed by atoms with van der Waals surface area (Å²) >= 11 is 9.26. The van der Waals surface area contributed by atoms with Gasteiger partial charge in [-0.2, -0.15) is 5.10 Å². The van der Waals surface area contributed by atoms with Crippen molar-refractivity contribution in [2.45, 2.75) is 32.4 Å². The summed E-state index contributed by atoms with van der Waals surface area (Å²) in [7, 11) is 0. The van der Waals surface area contributed by atoms with E-state index in [1.165, 1.54) is 0 Å². The third-order valence-electron chi connectivity index (χ3n) is 2.72. The van der Waals surface area contributed by atoms with Gasteiger partial charge >= 0.3 is 0 Å². The molecule has 102 valence electrons. The molecule has 2 rings (SSSR count). The molecule has 0 bridgehead atoms. The Hall–Kier alpha value is -1.000. The Bertz CT molecular complexity index is 554. The number of ether oxygens (including phenoxy) is 1. The number of hydrogen-bond acceptors (Lipinski definition) is 2. The zero-order chi connectivity index (χ0) is 13.8. The van der Waals surface area contributed by atoms with Gasteiger partial charge in [0, 0.05) is 18.1 Å². The fraction of sp³-hybridized carbons (Fsp3) is 0.357. The molecule has 0 spiro atoms. The van der Waals surface area contributed by atoms with Crippen LogP contribution in [0.3, 0.4) is 0 Å². The molecule has 0 saturated carbocycles. The van der Waals surface area contributed by atoms with Crippen LogP contribution in [0, 0.1) is 0 Å². The molecule has 0 unspecified atom stereocenters. The fourth-order valence-electron chi connectivity index (χ4n) is 1.64. The largest absolute Gasteiger partial charge is 0.486 e. The number of halogens is 2. The van der Waals surface area contributed by atoms with Crippen LogP contribution >= 0.6 is 27.5 Å². The van der Waals surface area contributed by atoms with E-state index in [0.717, 1.165) is 21.5 Å². The van der Waals surface area contributed by atoms with Crippen LogP contribution in [-0.4, -0.2) is 9.78 Å². The van der Waals surface area contributed by atoms with E-state index in [2.05, 4.69) is 34.9 Å². The Morgan fingerprint density at radius 3 is 2.74 bits per heavy atom. The molecule has 0 amide bonds. The van der Waals surface area contributed by atoms with E-state index < -0.39 is 0 Å². The highest BCUT2D eigenvalue weighted by Crippen LogP contribution is 2.27. The molecule has 5 heteroatoms. The Kier molecular flexibility index (Phi) is 4.88. The first kappa shape index (κ1) is 14.4. The van der Waals surface area contributed by atoms with Gasteiger partial charge in [0.1, 0.15) is 12.4 Å². The second kappa shape index (κ2) is 6.44. The number of alkyl halides is 1. The van der Waals surface area contributed by atoms with Gasteiger partial charge in [-0.05, 0) is 53.5 Å². The molecule has 0 fully saturated rings. The first-order valence-corrected chi connectivity index (χ1v) is 7.44. The Balaban J connectivity index is 2.01. The summed E-state index contributed by atoms with van der Waals surface area (Å²) in [5.41, 5.74) is 1.98. The first-order valence-electron chi connectivity index (χ1n) is 6.11. The molecule has 0 aliphatic rings. The van der Waals surface area contributed by atoms with Crippen molar-refractivity contribution in [3.8, 4) is 5.75 Å². The average molecular weight is 344 g/mol. The summed E-state index contributed by atoms with van der Waals surface area (Å²) in [6, 6.07) is 8.18. The number of nitrogens with zero attached hydrogens (tertiary/aromatic N) is 2. The normalized spacial score (nSPS) is 11.0. The van der Waals surface area contributed by atoms with Crippen molar-refractivity contribution in [1.29, 1.82) is 0 Å². The summed E-state index contributed by atoms with van der Waals surface area (Å²) in [6.07, 6.45) is 1.97. The molecule has 3 nitrogen and oxygen atoms in total. The van der Waals surface area contributed by atoms with Crippen molar-refractivity contribution in [1.82, 2.24) is 9.78 Å². The lowest BCUT2D eigenvalue weighted by Crippen LogP contribution is -2.03. The lowest BCUT2D eigenvalue weighted by molar-refractivity contribution is 0.297. The maximum Gasteiger partial charge on any atom is 0.134 e. The Morgan fingerprint density at radius 1 is 1.37 bits per heavy atom. The van der Waals surface area contributed by atoms with Crippen molar-refractivity contribution < 1.29 is 4.74 Å². The summed E-state index contributed by atoms with van der Waals surface area (Å²) in [6.45, 7) is 4.65. The quantitative estimate of drug-likeness (QED) is 0.745. The maximum absolute atomic E-state index is 5.78. The van der Waals surface area contributed by atoms with Gasteiger partial charge in [-0.15, -0.1) is 11.6 Å². The standard InChI is InChI=1S/C14H16BrClN2O/c1-10(2)18-6-5-12(17-18)9-19-14-4-3-11(8-16)7-13(14)15/h3-7,10H,8-9H2,1-2H3. The minimum Gasteiger partial charge on any atom is -0.486 e. The van der Waals surface area contributed by atoms with Crippen molar-refractivity contribution >= 4 is 27.5 Å². The molecule has 1 heterocycles. The lowest BCUT2D eigenvalue weighted by Gasteiger charge is -2.08. The molecule has 0 N–H and O–H groups in total. The highest BCUT2D eigenvalue weighted by atomic mass is 79.9. The van der Waals surface area contributed by atoms with Gasteiger partial charge < -0.3 is 4.74 Å². The van der Waals surface area contributed by atoms with Crippen molar-refractivity contribution in [2.24, 2.45) is 0 Å². The Labute approximate surface area is 126 Å². The van der Waals surface area contributed by atoms with Crippen molar-refractivity contribution in [2.75, 3.05) is 0 Å². The molecule has 19 heavy (non-hydrogen) atoms. The SMILES string of the molecule is CC(C)n1ccc(COc2ccc(CCl)cc2Br)n1. The van der Waals surface area contributed by atoms with Crippen LogP contribution in [0.4, 0.5) is 0 Å². The van der Waals surface area contributed by atoms with Gasteiger partial charge in [0.25, 0.3) is 0 Å². The summed E-state index contributed by atoms with van der Waals surface area (Å²) in [5, 5.41) is 4.44. The zero-order valence-electron chi connectivity index (χ0n) is 10.9. The van der Waals surface area contributed by atoms with E-state index in [-0.39, 0.29) is 0 Å². The van der Waals surface area contributed by atoms with Crippen LogP contribution in [0.1, 0.15) is 31.1 Å². The second-order valence-corrected chi connectivity index (χ2v) is 5.69. The van der Waals surface area contributed by atoms with Gasteiger partial charge in [0.05, 0.1) is 10.2 Å². The second-order valence-electron chi connectivity index (χ2n) is 4.57. The molecule has 0 radical (unpaired) electrons. The smallest absolute Gasteiger partial charge is 0.134 e. The van der Waals surface area contributed by atoms with Gasteiger partial charge in [-0.1, -0.05) is 6.07 Å². The maximum atomic E-state index is 5.78. The van der Waals surface area contributed by atoms with Crippen molar-refractivity contribution in [3.05, 3.63) is 46.2 Å². The molecule has 0 aliphatic heterocycles. The predicted molar refractivity (Wildman–Crippen MR) is 80.6 cm³/mol. The summed E-state index contributed by atoms with van der Waals surface area (Å²) in [5.74, 6) is 1.30. The van der Waals surface area contributed by atoms with E-state index >= 15 is 0 Å². The van der Waals surface area contributed by atoms with Crippen LogP contribution in [0.2, 0.25) is 0 Å². The van der Waals surface area contributed by atoms with Gasteiger partial charge in [-0.3, -0.25) is 4.68 Å². The average Bonchev–Trinajstić information content (AvgIpc) is 2.86. The monoisotopic (exact) mass is 342 g/mol. The minimum atomic E-state index is 0.364. The summed E-state index contributed by atoms with van der Waals surface area (Å²) in [4.78, 5) is 0. The molecule has 1 aromatic carbocycles. The van der Waals surface area contributed by atoms with Crippen LogP contribution in [0.5, 0.6) is 5.75 Å². The third-order valence-corrected chi connectivity index (χ3v) is 3.65. The first-order chi connectivity index (χ1) is 9.10. The molecule has 0 atom stereocenters. The van der Waals surface area contributed by atoms with Gasteiger partial charge in [-0.25, -0.2) is 0 Å². The van der Waals surface area contributed by atoms with Crippen molar-refractivity contribution in [3.63, 3.8) is 0 Å². The summed E-state index contributed by atoms with van der Waals surface area (Å²) < 4.78 is 8.58. The van der Waals surface area contributed by atoms with E-state index in [0.29, 0.717) is 18.5 Å². The van der Waals surface area contributed by atoms with E-state index in [1.807, 2.05) is 35.1 Å². The van der Waals surface area contributed by atoms with E-state index in [9.17, 15) is 0 Å². The third kappa shape index (κ3) is 3.74. The zero-order valence-corrected chi connectivity index (χ0v) is 13.3. The van der Waals surface area contributed by atoms with Crippen LogP contribution < -0.4 is 4.74 Å². The molecular formula is C14H16BrClN2O. The molecule has 0 aliphatic carbocycles. The highest BCUT2D eigenvalue weighted by Gasteiger charge is 2.06. The lowest BCUT2D eigenvalue weighted by atomic mass is 10.2. The fourth-order valence-corrected chi connectivity index (χ4v) is 2.35. The molecule has 1 aromatic heterocycles. The van der Waals surface area contributed by atoms with Crippen LogP contribution in [0.15, 0.2) is 34.9 Å². The number of benzene rings is 1. The van der Waals surface area contributed by atoms with E-state index in [4.69, 9.17) is 16.3 Å². The highest BCUT2D eigenvalue weighted by molar-refractivity contribution is 9.10. The number of hydrogen-bond donors (Lipinski definition) is 0. The molecular weight excluding hydrogens is 328 g/mol. The molecule has 0 saturated heterocycles. The van der Waals surface area contributed by atoms with Gasteiger partial charge in [0.2, 0.25) is 0 Å². The topological polar surface area (TPSA) is 27.1 Å². The number of rotatable bonds is 5.